The fourth-order valence-electron chi connectivity index (χ4n) is 4.50. The molecule has 2 amide bonds. The van der Waals surface area contributed by atoms with Gasteiger partial charge in [0.25, 0.3) is 5.91 Å². The number of anilines is 1. The monoisotopic (exact) mass is 399 g/mol. The Kier molecular flexibility index (Phi) is 4.97. The van der Waals surface area contributed by atoms with E-state index in [4.69, 9.17) is 0 Å². The Morgan fingerprint density at radius 3 is 2.37 bits per heavy atom. The summed E-state index contributed by atoms with van der Waals surface area (Å²) < 4.78 is 0. The largest absolute Gasteiger partial charge is 0.350 e. The van der Waals surface area contributed by atoms with Crippen molar-refractivity contribution < 1.29 is 9.59 Å². The van der Waals surface area contributed by atoms with Gasteiger partial charge in [0.1, 0.15) is 6.54 Å². The molecular weight excluding hydrogens is 374 g/mol. The molecule has 5 nitrogen and oxygen atoms in total. The first-order valence-electron chi connectivity index (χ1n) is 10.6. The molecule has 5 heteroatoms. The van der Waals surface area contributed by atoms with E-state index in [1.54, 1.807) is 4.90 Å². The van der Waals surface area contributed by atoms with Gasteiger partial charge in [-0.25, -0.2) is 0 Å². The molecule has 152 valence electrons. The number of amides is 2. The SMILES string of the molecule is O=C(CN1C(=O)c2cccc3cccc1c23)NCc1ccc(CN2CCCC2)cc1. The van der Waals surface area contributed by atoms with Crippen molar-refractivity contribution in [3.05, 3.63) is 77.4 Å². The van der Waals surface area contributed by atoms with Crippen molar-refractivity contribution in [2.75, 3.05) is 24.5 Å². The van der Waals surface area contributed by atoms with Gasteiger partial charge in [-0.2, -0.15) is 0 Å². The molecule has 0 unspecified atom stereocenters. The Bertz CT molecular complexity index is 1100. The van der Waals surface area contributed by atoms with Gasteiger partial charge in [0.2, 0.25) is 5.91 Å². The Balaban J connectivity index is 1.20. The first-order chi connectivity index (χ1) is 14.7. The molecule has 2 heterocycles. The minimum atomic E-state index is -0.158. The lowest BCUT2D eigenvalue weighted by atomic mass is 10.1. The van der Waals surface area contributed by atoms with Crippen LogP contribution in [0.15, 0.2) is 60.7 Å². The second kappa shape index (κ2) is 7.92. The van der Waals surface area contributed by atoms with E-state index in [1.165, 1.54) is 31.5 Å². The van der Waals surface area contributed by atoms with Gasteiger partial charge in [-0.3, -0.25) is 19.4 Å². The molecule has 0 atom stereocenters. The minimum Gasteiger partial charge on any atom is -0.350 e. The fraction of sp³-hybridized carbons (Fsp3) is 0.280. The van der Waals surface area contributed by atoms with Crippen LogP contribution in [0.2, 0.25) is 0 Å². The summed E-state index contributed by atoms with van der Waals surface area (Å²) in [6.45, 7) is 3.85. The number of hydrogen-bond acceptors (Lipinski definition) is 3. The highest BCUT2D eigenvalue weighted by Gasteiger charge is 2.30. The van der Waals surface area contributed by atoms with Crippen LogP contribution in [0.4, 0.5) is 5.69 Å². The first kappa shape index (κ1) is 18.8. The molecule has 1 N–H and O–H groups in total. The van der Waals surface area contributed by atoms with Gasteiger partial charge in [0.15, 0.2) is 0 Å². The third kappa shape index (κ3) is 3.57. The number of carbonyl (C=O) groups is 2. The number of carbonyl (C=O) groups excluding carboxylic acids is 2. The smallest absolute Gasteiger partial charge is 0.259 e. The summed E-state index contributed by atoms with van der Waals surface area (Å²) in [5, 5.41) is 4.91. The summed E-state index contributed by atoms with van der Waals surface area (Å²) in [5.74, 6) is -0.266. The van der Waals surface area contributed by atoms with Crippen LogP contribution in [0.3, 0.4) is 0 Å². The fourth-order valence-corrected chi connectivity index (χ4v) is 4.50. The summed E-state index contributed by atoms with van der Waals surface area (Å²) in [6, 6.07) is 20.0. The molecule has 5 rings (SSSR count). The molecule has 1 saturated heterocycles. The van der Waals surface area contributed by atoms with E-state index >= 15 is 0 Å². The van der Waals surface area contributed by atoms with Crippen LogP contribution in [0.1, 0.15) is 34.3 Å². The van der Waals surface area contributed by atoms with Gasteiger partial charge in [-0.05, 0) is 54.6 Å². The van der Waals surface area contributed by atoms with Gasteiger partial charge < -0.3 is 5.32 Å². The molecule has 2 aliphatic heterocycles. The number of benzene rings is 3. The van der Waals surface area contributed by atoms with Crippen LogP contribution >= 0.6 is 0 Å². The molecule has 0 saturated carbocycles. The highest BCUT2D eigenvalue weighted by atomic mass is 16.2. The quantitative estimate of drug-likeness (QED) is 0.688. The average molecular weight is 399 g/mol. The van der Waals surface area contributed by atoms with Gasteiger partial charge in [0.05, 0.1) is 5.69 Å². The molecule has 0 bridgehead atoms. The second-order valence-electron chi connectivity index (χ2n) is 8.15. The average Bonchev–Trinajstić information content (AvgIpc) is 3.37. The molecule has 0 spiro atoms. The van der Waals surface area contributed by atoms with Crippen LogP contribution in [0.25, 0.3) is 10.8 Å². The summed E-state index contributed by atoms with van der Waals surface area (Å²) in [6.07, 6.45) is 2.59. The van der Waals surface area contributed by atoms with Crippen molar-refractivity contribution in [1.29, 1.82) is 0 Å². The van der Waals surface area contributed by atoms with E-state index in [9.17, 15) is 9.59 Å². The summed E-state index contributed by atoms with van der Waals surface area (Å²) >= 11 is 0. The van der Waals surface area contributed by atoms with Crippen LogP contribution in [0.5, 0.6) is 0 Å². The van der Waals surface area contributed by atoms with Crippen molar-refractivity contribution in [3.63, 3.8) is 0 Å². The third-order valence-corrected chi connectivity index (χ3v) is 6.07. The van der Waals surface area contributed by atoms with E-state index in [0.29, 0.717) is 12.1 Å². The molecule has 0 radical (unpaired) electrons. The summed E-state index contributed by atoms with van der Waals surface area (Å²) in [4.78, 5) is 29.4. The molecular formula is C25H25N3O2. The van der Waals surface area contributed by atoms with E-state index in [1.807, 2.05) is 36.4 Å². The van der Waals surface area contributed by atoms with Crippen LogP contribution < -0.4 is 10.2 Å². The van der Waals surface area contributed by atoms with Crippen molar-refractivity contribution in [1.82, 2.24) is 10.2 Å². The third-order valence-electron chi connectivity index (χ3n) is 6.07. The van der Waals surface area contributed by atoms with E-state index in [0.717, 1.165) is 28.6 Å². The second-order valence-corrected chi connectivity index (χ2v) is 8.15. The zero-order valence-corrected chi connectivity index (χ0v) is 16.9. The molecule has 0 aromatic heterocycles. The molecule has 30 heavy (non-hydrogen) atoms. The van der Waals surface area contributed by atoms with Crippen molar-refractivity contribution >= 4 is 28.3 Å². The summed E-state index contributed by atoms with van der Waals surface area (Å²) in [7, 11) is 0. The first-order valence-corrected chi connectivity index (χ1v) is 10.6. The lowest BCUT2D eigenvalue weighted by Crippen LogP contribution is -2.38. The maximum Gasteiger partial charge on any atom is 0.259 e. The predicted octanol–water partition coefficient (Wildman–Crippen LogP) is 3.71. The van der Waals surface area contributed by atoms with Gasteiger partial charge in [-0.15, -0.1) is 0 Å². The summed E-state index contributed by atoms with van der Waals surface area (Å²) in [5.41, 5.74) is 3.85. The van der Waals surface area contributed by atoms with Crippen LogP contribution in [-0.2, 0) is 17.9 Å². The van der Waals surface area contributed by atoms with Gasteiger partial charge >= 0.3 is 0 Å². The number of rotatable bonds is 6. The maximum absolute atomic E-state index is 12.8. The zero-order valence-electron chi connectivity index (χ0n) is 16.9. The Hall–Kier alpha value is -3.18. The van der Waals surface area contributed by atoms with Crippen molar-refractivity contribution in [3.8, 4) is 0 Å². The number of nitrogens with one attached hydrogen (secondary N) is 1. The Morgan fingerprint density at radius 2 is 1.60 bits per heavy atom. The Labute approximate surface area is 176 Å². The normalized spacial score (nSPS) is 15.9. The predicted molar refractivity (Wildman–Crippen MR) is 118 cm³/mol. The van der Waals surface area contributed by atoms with Crippen LogP contribution in [-0.4, -0.2) is 36.3 Å². The number of likely N-dealkylation sites (tertiary alicyclic amines) is 1. The zero-order chi connectivity index (χ0) is 20.5. The van der Waals surface area contributed by atoms with Gasteiger partial charge in [0, 0.05) is 24.0 Å². The lowest BCUT2D eigenvalue weighted by Gasteiger charge is -2.17. The number of hydrogen-bond donors (Lipinski definition) is 1. The number of nitrogens with zero attached hydrogens (tertiary/aromatic N) is 2. The Morgan fingerprint density at radius 1 is 0.900 bits per heavy atom. The highest BCUT2D eigenvalue weighted by Crippen LogP contribution is 2.36. The van der Waals surface area contributed by atoms with Crippen molar-refractivity contribution in [2.45, 2.75) is 25.9 Å². The molecule has 0 aliphatic carbocycles. The van der Waals surface area contributed by atoms with Crippen molar-refractivity contribution in [2.24, 2.45) is 0 Å². The van der Waals surface area contributed by atoms with E-state index < -0.39 is 0 Å². The van der Waals surface area contributed by atoms with Crippen LogP contribution in [0, 0.1) is 0 Å². The standard InChI is InChI=1S/C25H25N3O2/c29-23(26-15-18-9-11-19(12-10-18)16-27-13-1-2-14-27)17-28-22-8-4-6-20-5-3-7-21(24(20)22)25(28)30/h3-12H,1-2,13-17H2,(H,26,29). The highest BCUT2D eigenvalue weighted by molar-refractivity contribution is 6.26. The molecule has 2 aliphatic rings. The molecule has 1 fully saturated rings. The molecule has 3 aromatic rings. The lowest BCUT2D eigenvalue weighted by molar-refractivity contribution is -0.119. The van der Waals surface area contributed by atoms with E-state index in [-0.39, 0.29) is 18.4 Å². The van der Waals surface area contributed by atoms with Gasteiger partial charge in [-0.1, -0.05) is 48.5 Å². The van der Waals surface area contributed by atoms with E-state index in [2.05, 4.69) is 34.5 Å². The minimum absolute atomic E-state index is 0.0275. The topological polar surface area (TPSA) is 52.7 Å². The molecule has 3 aromatic carbocycles. The maximum atomic E-state index is 12.8.